The van der Waals surface area contributed by atoms with Crippen LogP contribution in [-0.2, 0) is 9.59 Å². The summed E-state index contributed by atoms with van der Waals surface area (Å²) < 4.78 is 0. The number of aliphatic hydroxyl groups is 1. The van der Waals surface area contributed by atoms with Gasteiger partial charge in [-0.25, -0.2) is 4.79 Å². The summed E-state index contributed by atoms with van der Waals surface area (Å²) in [5.41, 5.74) is 5.38. The summed E-state index contributed by atoms with van der Waals surface area (Å²) in [4.78, 5) is 23.0. The molecule has 1 unspecified atom stereocenters. The summed E-state index contributed by atoms with van der Waals surface area (Å²) in [7, 11) is 0. The number of amides is 1. The summed E-state index contributed by atoms with van der Waals surface area (Å²) in [5, 5.41) is 21.5. The molecule has 0 rings (SSSR count). The number of carbonyl (C=O) groups excluding carboxylic acids is 1. The van der Waals surface area contributed by atoms with Gasteiger partial charge < -0.3 is 21.3 Å². The highest BCUT2D eigenvalue weighted by Gasteiger charge is 2.20. The quantitative estimate of drug-likeness (QED) is 0.176. The molecule has 6 nitrogen and oxygen atoms in total. The Labute approximate surface area is 177 Å². The van der Waals surface area contributed by atoms with Crippen LogP contribution in [0.25, 0.3) is 0 Å². The van der Waals surface area contributed by atoms with Crippen LogP contribution in [0.3, 0.4) is 0 Å². The SMILES string of the molecule is CCCCCCCC/C=C\CCCCCC(O)CC(=O)N[C@@H](CCCN)C(=O)O. The topological polar surface area (TPSA) is 113 Å². The fourth-order valence-corrected chi connectivity index (χ4v) is 3.25. The second-order valence-corrected chi connectivity index (χ2v) is 7.91. The normalized spacial score (nSPS) is 13.5. The van der Waals surface area contributed by atoms with Crippen molar-refractivity contribution in [2.75, 3.05) is 6.54 Å². The third-order valence-corrected chi connectivity index (χ3v) is 5.05. The van der Waals surface area contributed by atoms with Crippen molar-refractivity contribution in [3.05, 3.63) is 12.2 Å². The zero-order valence-corrected chi connectivity index (χ0v) is 18.4. The summed E-state index contributed by atoms with van der Waals surface area (Å²) in [6, 6.07) is -0.929. The van der Waals surface area contributed by atoms with E-state index in [1.807, 2.05) is 0 Å². The number of hydrogen-bond donors (Lipinski definition) is 4. The standard InChI is InChI=1S/C23H44N2O4/c1-2-3-4-5-6-7-8-9-10-11-12-13-14-16-20(26)19-22(27)25-21(23(28)29)17-15-18-24/h9-10,20-21,26H,2-8,11-19,24H2,1H3,(H,25,27)(H,28,29)/b10-9-/t20?,21-/m0/s1. The molecular formula is C23H44N2O4. The molecule has 5 N–H and O–H groups in total. The lowest BCUT2D eigenvalue weighted by molar-refractivity contribution is -0.142. The van der Waals surface area contributed by atoms with Crippen molar-refractivity contribution in [2.45, 2.75) is 115 Å². The van der Waals surface area contributed by atoms with Gasteiger partial charge in [0, 0.05) is 0 Å². The van der Waals surface area contributed by atoms with Gasteiger partial charge in [-0.1, -0.05) is 64.0 Å². The molecule has 0 fully saturated rings. The van der Waals surface area contributed by atoms with E-state index in [9.17, 15) is 14.7 Å². The van der Waals surface area contributed by atoms with E-state index in [0.29, 0.717) is 25.8 Å². The number of hydrogen-bond acceptors (Lipinski definition) is 4. The molecule has 0 aliphatic rings. The van der Waals surface area contributed by atoms with Crippen LogP contribution in [0.1, 0.15) is 103 Å². The van der Waals surface area contributed by atoms with Crippen LogP contribution in [0.4, 0.5) is 0 Å². The van der Waals surface area contributed by atoms with Gasteiger partial charge in [-0.05, 0) is 51.5 Å². The largest absolute Gasteiger partial charge is 0.480 e. The smallest absolute Gasteiger partial charge is 0.326 e. The van der Waals surface area contributed by atoms with Gasteiger partial charge in [-0.2, -0.15) is 0 Å². The van der Waals surface area contributed by atoms with E-state index in [-0.39, 0.29) is 6.42 Å². The van der Waals surface area contributed by atoms with E-state index in [0.717, 1.165) is 25.7 Å². The zero-order chi connectivity index (χ0) is 21.7. The first kappa shape index (κ1) is 27.6. The number of nitrogens with one attached hydrogen (secondary N) is 1. The zero-order valence-electron chi connectivity index (χ0n) is 18.4. The molecule has 0 aromatic heterocycles. The Bertz CT molecular complexity index is 441. The van der Waals surface area contributed by atoms with Crippen molar-refractivity contribution in [3.8, 4) is 0 Å². The Balaban J connectivity index is 3.65. The minimum absolute atomic E-state index is 0.0510. The first-order valence-electron chi connectivity index (χ1n) is 11.6. The fourth-order valence-electron chi connectivity index (χ4n) is 3.25. The number of aliphatic hydroxyl groups excluding tert-OH is 1. The third kappa shape index (κ3) is 18.4. The summed E-state index contributed by atoms with van der Waals surface area (Å²) >= 11 is 0. The van der Waals surface area contributed by atoms with E-state index in [4.69, 9.17) is 10.8 Å². The molecule has 29 heavy (non-hydrogen) atoms. The Morgan fingerprint density at radius 2 is 1.48 bits per heavy atom. The van der Waals surface area contributed by atoms with Crippen LogP contribution in [0.2, 0.25) is 0 Å². The van der Waals surface area contributed by atoms with Gasteiger partial charge in [-0.15, -0.1) is 0 Å². The average Bonchev–Trinajstić information content (AvgIpc) is 2.68. The van der Waals surface area contributed by atoms with E-state index in [1.165, 1.54) is 44.9 Å². The summed E-state index contributed by atoms with van der Waals surface area (Å²) in [6.07, 6.45) is 18.4. The molecule has 0 saturated heterocycles. The molecule has 0 radical (unpaired) electrons. The highest BCUT2D eigenvalue weighted by molar-refractivity contribution is 5.83. The molecule has 0 spiro atoms. The molecule has 0 aliphatic heterocycles. The van der Waals surface area contributed by atoms with Crippen molar-refractivity contribution < 1.29 is 19.8 Å². The molecule has 0 saturated carbocycles. The van der Waals surface area contributed by atoms with Gasteiger partial charge >= 0.3 is 5.97 Å². The Hall–Kier alpha value is -1.40. The number of carboxylic acids is 1. The summed E-state index contributed by atoms with van der Waals surface area (Å²) in [6.45, 7) is 2.62. The second kappa shape index (κ2) is 19.9. The van der Waals surface area contributed by atoms with Gasteiger partial charge in [0.15, 0.2) is 0 Å². The minimum atomic E-state index is -1.06. The summed E-state index contributed by atoms with van der Waals surface area (Å²) in [5.74, 6) is -1.48. The molecule has 0 aliphatic carbocycles. The van der Waals surface area contributed by atoms with E-state index in [2.05, 4.69) is 24.4 Å². The first-order chi connectivity index (χ1) is 14.0. The lowest BCUT2D eigenvalue weighted by Crippen LogP contribution is -2.42. The highest BCUT2D eigenvalue weighted by Crippen LogP contribution is 2.10. The first-order valence-corrected chi connectivity index (χ1v) is 11.6. The molecule has 0 bridgehead atoms. The number of carbonyl (C=O) groups is 2. The van der Waals surface area contributed by atoms with Crippen molar-refractivity contribution >= 4 is 11.9 Å². The minimum Gasteiger partial charge on any atom is -0.480 e. The van der Waals surface area contributed by atoms with E-state index < -0.39 is 24.0 Å². The number of allylic oxidation sites excluding steroid dienone is 2. The third-order valence-electron chi connectivity index (χ3n) is 5.05. The van der Waals surface area contributed by atoms with Crippen LogP contribution in [0, 0.1) is 0 Å². The number of nitrogens with two attached hydrogens (primary N) is 1. The maximum atomic E-state index is 11.9. The fraction of sp³-hybridized carbons (Fsp3) is 0.826. The van der Waals surface area contributed by atoms with Crippen LogP contribution in [0.5, 0.6) is 0 Å². The number of carboxylic acid groups (broad SMARTS) is 1. The molecule has 6 heteroatoms. The van der Waals surface area contributed by atoms with E-state index >= 15 is 0 Å². The Morgan fingerprint density at radius 3 is 2.07 bits per heavy atom. The lowest BCUT2D eigenvalue weighted by Gasteiger charge is -2.16. The number of rotatable bonds is 20. The maximum absolute atomic E-state index is 11.9. The molecule has 170 valence electrons. The monoisotopic (exact) mass is 412 g/mol. The molecule has 0 heterocycles. The van der Waals surface area contributed by atoms with Crippen LogP contribution < -0.4 is 11.1 Å². The van der Waals surface area contributed by atoms with Gasteiger partial charge in [0.1, 0.15) is 6.04 Å². The van der Waals surface area contributed by atoms with Gasteiger partial charge in [0.2, 0.25) is 5.91 Å². The predicted molar refractivity (Wildman–Crippen MR) is 119 cm³/mol. The molecule has 0 aromatic carbocycles. The Morgan fingerprint density at radius 1 is 0.897 bits per heavy atom. The maximum Gasteiger partial charge on any atom is 0.326 e. The van der Waals surface area contributed by atoms with Crippen molar-refractivity contribution in [3.63, 3.8) is 0 Å². The van der Waals surface area contributed by atoms with Crippen LogP contribution in [-0.4, -0.2) is 40.8 Å². The lowest BCUT2D eigenvalue weighted by atomic mass is 10.1. The molecule has 2 atom stereocenters. The van der Waals surface area contributed by atoms with Crippen LogP contribution >= 0.6 is 0 Å². The molecule has 0 aromatic rings. The van der Waals surface area contributed by atoms with Gasteiger partial charge in [0.25, 0.3) is 0 Å². The second-order valence-electron chi connectivity index (χ2n) is 7.91. The van der Waals surface area contributed by atoms with Crippen molar-refractivity contribution in [2.24, 2.45) is 5.73 Å². The predicted octanol–water partition coefficient (Wildman–Crippen LogP) is 4.30. The van der Waals surface area contributed by atoms with Crippen molar-refractivity contribution in [1.29, 1.82) is 0 Å². The van der Waals surface area contributed by atoms with Crippen LogP contribution in [0.15, 0.2) is 12.2 Å². The van der Waals surface area contributed by atoms with Crippen molar-refractivity contribution in [1.82, 2.24) is 5.32 Å². The highest BCUT2D eigenvalue weighted by atomic mass is 16.4. The molecular weight excluding hydrogens is 368 g/mol. The van der Waals surface area contributed by atoms with Gasteiger partial charge in [-0.3, -0.25) is 4.79 Å². The molecule has 1 amide bonds. The average molecular weight is 413 g/mol. The Kier molecular flexibility index (Phi) is 18.9. The number of aliphatic carboxylic acids is 1. The van der Waals surface area contributed by atoms with Gasteiger partial charge in [0.05, 0.1) is 12.5 Å². The van der Waals surface area contributed by atoms with E-state index in [1.54, 1.807) is 0 Å². The number of unbranched alkanes of at least 4 members (excludes halogenated alkanes) is 9.